The molecular weight excluding hydrogens is 1020 g/mol. The summed E-state index contributed by atoms with van der Waals surface area (Å²) in [5, 5.41) is 0. The number of benzene rings is 2. The first-order valence-corrected chi connectivity index (χ1v) is 29.2. The molecule has 4 amide bonds. The molecule has 20 nitrogen and oxygen atoms in total. The molecule has 22 heteroatoms. The fourth-order valence-electron chi connectivity index (χ4n) is 10.6. The van der Waals surface area contributed by atoms with E-state index in [9.17, 15) is 45.1 Å². The van der Waals surface area contributed by atoms with E-state index in [0.717, 1.165) is 33.9 Å². The number of imidazole rings is 2. The molecule has 0 spiro atoms. The van der Waals surface area contributed by atoms with Crippen LogP contribution in [-0.4, -0.2) is 176 Å². The predicted molar refractivity (Wildman–Crippen MR) is 292 cm³/mol. The van der Waals surface area contributed by atoms with Crippen molar-refractivity contribution < 1.29 is 49.7 Å². The van der Waals surface area contributed by atoms with Crippen LogP contribution >= 0.6 is 0 Å². The van der Waals surface area contributed by atoms with E-state index in [4.69, 9.17) is 0 Å². The van der Waals surface area contributed by atoms with Crippen LogP contribution in [0.3, 0.4) is 0 Å². The summed E-state index contributed by atoms with van der Waals surface area (Å²) in [6.45, 7) is 13.0. The van der Waals surface area contributed by atoms with Gasteiger partial charge >= 0.3 is 0 Å². The molecule has 6 heterocycles. The summed E-state index contributed by atoms with van der Waals surface area (Å²) in [4.78, 5) is 71.0. The van der Waals surface area contributed by atoms with Crippen molar-refractivity contribution in [2.24, 2.45) is 0 Å². The fraction of sp³-hybridized carbons (Fsp3) is 0.436. The van der Waals surface area contributed by atoms with Crippen LogP contribution in [0.5, 0.6) is 0 Å². The van der Waals surface area contributed by atoms with Gasteiger partial charge < -0.3 is 33.6 Å². The van der Waals surface area contributed by atoms with Gasteiger partial charge in [-0.25, -0.2) is 9.97 Å². The highest BCUT2D eigenvalue weighted by atomic mass is 32.2. The quantitative estimate of drug-likeness (QED) is 0.0508. The van der Waals surface area contributed by atoms with Crippen LogP contribution < -0.4 is 4.90 Å². The first-order chi connectivity index (χ1) is 36.6. The van der Waals surface area contributed by atoms with Crippen LogP contribution in [0.25, 0.3) is 0 Å². The SMILES string of the molecule is CC1(C)C(=CC=CC=CC=CC2=[N+](CCCCS(=O)(=O)O)c3ccc(C(=O)N4CCN(C(=O)Cn5ccnc5)CC4)cc3C2(C)C)N(CCCCS(=O)(=O)O)c2ccc(C(=O)N3CCN(C(=O)Cn4ccnc4)CC3)cc21. The number of amides is 4. The first-order valence-electron chi connectivity index (χ1n) is 26.0. The summed E-state index contributed by atoms with van der Waals surface area (Å²) in [7, 11) is -8.26. The van der Waals surface area contributed by atoms with E-state index in [1.807, 2.05) is 78.9 Å². The number of hydrogen-bond donors (Lipinski definition) is 2. The van der Waals surface area contributed by atoms with E-state index in [0.29, 0.717) is 89.4 Å². The molecule has 4 aliphatic heterocycles. The van der Waals surface area contributed by atoms with Crippen molar-refractivity contribution in [2.75, 3.05) is 81.9 Å². The van der Waals surface area contributed by atoms with Gasteiger partial charge in [-0.2, -0.15) is 21.4 Å². The largest absolute Gasteiger partial charge is 0.344 e. The van der Waals surface area contributed by atoms with Crippen molar-refractivity contribution in [1.82, 2.24) is 38.7 Å². The summed E-state index contributed by atoms with van der Waals surface area (Å²) in [6, 6.07) is 11.4. The maximum atomic E-state index is 14.0. The van der Waals surface area contributed by atoms with Crippen LogP contribution in [-0.2, 0) is 53.7 Å². The lowest BCUT2D eigenvalue weighted by Crippen LogP contribution is -2.51. The van der Waals surface area contributed by atoms with Gasteiger partial charge in [0.05, 0.1) is 29.6 Å². The fourth-order valence-corrected chi connectivity index (χ4v) is 11.8. The minimum Gasteiger partial charge on any atom is -0.344 e. The molecule has 2 aromatic heterocycles. The van der Waals surface area contributed by atoms with Gasteiger partial charge in [0.1, 0.15) is 19.6 Å². The molecule has 77 heavy (non-hydrogen) atoms. The van der Waals surface area contributed by atoms with Crippen molar-refractivity contribution >= 4 is 61.0 Å². The van der Waals surface area contributed by atoms with Crippen molar-refractivity contribution in [3.63, 3.8) is 0 Å². The highest BCUT2D eigenvalue weighted by Gasteiger charge is 2.45. The second kappa shape index (κ2) is 23.7. The number of allylic oxidation sites excluding steroid dienone is 8. The lowest BCUT2D eigenvalue weighted by Gasteiger charge is -2.35. The van der Waals surface area contributed by atoms with Gasteiger partial charge in [-0.15, -0.1) is 0 Å². The summed E-state index contributed by atoms with van der Waals surface area (Å²) in [5.74, 6) is -1.01. The van der Waals surface area contributed by atoms with E-state index in [1.54, 1.807) is 66.2 Å². The highest BCUT2D eigenvalue weighted by Crippen LogP contribution is 2.48. The Morgan fingerprint density at radius 3 is 1.64 bits per heavy atom. The zero-order chi connectivity index (χ0) is 55.1. The summed E-state index contributed by atoms with van der Waals surface area (Å²) in [5.41, 5.74) is 5.51. The van der Waals surface area contributed by atoms with E-state index in [1.165, 1.54) is 0 Å². The van der Waals surface area contributed by atoms with Crippen LogP contribution in [0, 0.1) is 0 Å². The van der Waals surface area contributed by atoms with Crippen molar-refractivity contribution in [1.29, 1.82) is 0 Å². The average molecular weight is 1090 g/mol. The first kappa shape index (κ1) is 56.2. The van der Waals surface area contributed by atoms with Crippen LogP contribution in [0.2, 0.25) is 0 Å². The van der Waals surface area contributed by atoms with Crippen molar-refractivity contribution in [3.8, 4) is 0 Å². The van der Waals surface area contributed by atoms with Gasteiger partial charge in [-0.3, -0.25) is 28.3 Å². The molecule has 4 aromatic rings. The second-order valence-corrected chi connectivity index (χ2v) is 24.0. The molecule has 2 aromatic carbocycles. The summed E-state index contributed by atoms with van der Waals surface area (Å²) < 4.78 is 70.8. The van der Waals surface area contributed by atoms with Gasteiger partial charge in [0, 0.05) is 136 Å². The zero-order valence-corrected chi connectivity index (χ0v) is 45.8. The minimum absolute atomic E-state index is 0.0326. The number of rotatable bonds is 20. The number of nitrogens with zero attached hydrogens (tertiary/aromatic N) is 10. The molecule has 4 aliphatic rings. The van der Waals surface area contributed by atoms with Crippen LogP contribution in [0.15, 0.2) is 122 Å². The van der Waals surface area contributed by atoms with Crippen molar-refractivity contribution in [3.05, 3.63) is 144 Å². The topological polar surface area (TPSA) is 232 Å². The third kappa shape index (κ3) is 13.6. The molecule has 0 bridgehead atoms. The monoisotopic (exact) mass is 1090 g/mol. The molecule has 410 valence electrons. The lowest BCUT2D eigenvalue weighted by atomic mass is 9.80. The number of aromatic nitrogens is 4. The lowest BCUT2D eigenvalue weighted by molar-refractivity contribution is -0.438. The Kier molecular flexibility index (Phi) is 17.3. The second-order valence-electron chi connectivity index (χ2n) is 20.9. The van der Waals surface area contributed by atoms with Gasteiger partial charge in [0.25, 0.3) is 32.1 Å². The Labute approximate surface area is 450 Å². The average Bonchev–Trinajstić information content (AvgIpc) is 4.21. The van der Waals surface area contributed by atoms with E-state index in [2.05, 4.69) is 47.1 Å². The molecule has 0 atom stereocenters. The molecule has 0 radical (unpaired) electrons. The predicted octanol–water partition coefficient (Wildman–Crippen LogP) is 5.11. The van der Waals surface area contributed by atoms with Crippen LogP contribution in [0.4, 0.5) is 11.4 Å². The Bertz CT molecular complexity index is 3220. The molecule has 0 aliphatic carbocycles. The minimum atomic E-state index is -4.13. The molecule has 2 fully saturated rings. The van der Waals surface area contributed by atoms with Crippen molar-refractivity contribution in [2.45, 2.75) is 77.3 Å². The molecule has 0 unspecified atom stereocenters. The number of carbonyl (C=O) groups is 4. The Morgan fingerprint density at radius 2 is 1.10 bits per heavy atom. The summed E-state index contributed by atoms with van der Waals surface area (Å²) >= 11 is 0. The third-order valence-corrected chi connectivity index (χ3v) is 16.5. The normalized spacial score (nSPS) is 18.2. The van der Waals surface area contributed by atoms with E-state index in [-0.39, 0.29) is 61.1 Å². The Balaban J connectivity index is 0.958. The third-order valence-electron chi connectivity index (χ3n) is 14.9. The van der Waals surface area contributed by atoms with Crippen LogP contribution in [0.1, 0.15) is 85.2 Å². The van der Waals surface area contributed by atoms with Gasteiger partial charge in [-0.1, -0.05) is 44.2 Å². The number of carbonyl (C=O) groups excluding carboxylic acids is 4. The maximum Gasteiger partial charge on any atom is 0.264 e. The van der Waals surface area contributed by atoms with Gasteiger partial charge in [0.15, 0.2) is 5.71 Å². The zero-order valence-electron chi connectivity index (χ0n) is 44.1. The number of fused-ring (bicyclic) bond motifs is 2. The molecule has 0 saturated carbocycles. The molecule has 2 saturated heterocycles. The summed E-state index contributed by atoms with van der Waals surface area (Å²) in [6.07, 6.45) is 25.0. The number of anilines is 1. The molecule has 2 N–H and O–H groups in total. The molecular formula is C55H69N10O10S2+. The maximum absolute atomic E-state index is 14.0. The Morgan fingerprint density at radius 1 is 0.610 bits per heavy atom. The number of unbranched alkanes of at least 4 members (excludes halogenated alkanes) is 2. The van der Waals surface area contributed by atoms with E-state index >= 15 is 0 Å². The van der Waals surface area contributed by atoms with Gasteiger partial charge in [-0.05, 0) is 75.1 Å². The standard InChI is InChI=1S/C55H68N10O10S2/c1-54(2)44-36-42(52(68)62-30-26-60(27-31-62)50(66)38-58-24-20-56-40-58)16-18-46(44)64(22-10-12-34-76(70,71)72)48(54)14-8-6-5-7-9-15-49-55(3,4)45-37-43(17-19-47(45)65(49)23-11-13-35-77(73,74)75)53(69)63-32-28-61(29-33-63)51(67)39-59-25-21-57-41-59/h5-9,14-21,24-25,36-37,40-41H,10-13,22-23,26-35,38-39H2,1-4H3,(H-,70,71,72,73,74,75)/p+1. The van der Waals surface area contributed by atoms with E-state index < -0.39 is 31.1 Å². The number of piperazine rings is 2. The number of hydrogen-bond acceptors (Lipinski definition) is 11. The Hall–Kier alpha value is -7.01. The highest BCUT2D eigenvalue weighted by molar-refractivity contribution is 7.86. The molecule has 8 rings (SSSR count). The van der Waals surface area contributed by atoms with Gasteiger partial charge in [0.2, 0.25) is 17.5 Å². The smallest absolute Gasteiger partial charge is 0.264 e.